The van der Waals surface area contributed by atoms with E-state index in [1.165, 1.54) is 18.4 Å². The Morgan fingerprint density at radius 2 is 2.10 bits per heavy atom. The molecule has 4 rings (SSSR count). The van der Waals surface area contributed by atoms with Crippen LogP contribution in [0, 0.1) is 12.8 Å². The smallest absolute Gasteiger partial charge is 0.222 e. The van der Waals surface area contributed by atoms with Crippen LogP contribution in [-0.2, 0) is 16.6 Å². The number of fused-ring (bicyclic) bond motifs is 5. The minimum Gasteiger partial charge on any atom is -0.339 e. The fourth-order valence-corrected chi connectivity index (χ4v) is 5.07. The third-order valence-corrected chi connectivity index (χ3v) is 6.13. The predicted octanol–water partition coefficient (Wildman–Crippen LogP) is 3.21. The number of carbonyl (C=O) groups is 1. The van der Waals surface area contributed by atoms with E-state index in [2.05, 4.69) is 36.9 Å². The molecule has 2 fully saturated rings. The summed E-state index contributed by atoms with van der Waals surface area (Å²) in [6, 6.07) is 7.51. The van der Waals surface area contributed by atoms with E-state index >= 15 is 0 Å². The molecule has 0 spiro atoms. The SMILES string of the molecule is Cc1ccc2c(c1)CC[C@H]1[C@@H]3CCC(=O)N3CC[C@]21C. The van der Waals surface area contributed by atoms with Crippen LogP contribution in [-0.4, -0.2) is 23.4 Å². The van der Waals surface area contributed by atoms with E-state index in [0.717, 1.165) is 25.8 Å². The van der Waals surface area contributed by atoms with Crippen LogP contribution < -0.4 is 0 Å². The van der Waals surface area contributed by atoms with Gasteiger partial charge in [0.1, 0.15) is 0 Å². The Morgan fingerprint density at radius 1 is 1.25 bits per heavy atom. The van der Waals surface area contributed by atoms with Gasteiger partial charge in [0.15, 0.2) is 0 Å². The lowest BCUT2D eigenvalue weighted by Gasteiger charge is -2.52. The number of aryl methyl sites for hydroxylation is 2. The average Bonchev–Trinajstić information content (AvgIpc) is 2.79. The van der Waals surface area contributed by atoms with Crippen LogP contribution in [0.5, 0.6) is 0 Å². The summed E-state index contributed by atoms with van der Waals surface area (Å²) in [5, 5.41) is 0. The van der Waals surface area contributed by atoms with Gasteiger partial charge in [-0.2, -0.15) is 0 Å². The number of rotatable bonds is 0. The molecule has 0 aromatic heterocycles. The molecule has 0 bridgehead atoms. The van der Waals surface area contributed by atoms with Crippen molar-refractivity contribution in [2.24, 2.45) is 5.92 Å². The van der Waals surface area contributed by atoms with Gasteiger partial charge in [-0.05, 0) is 55.1 Å². The minimum atomic E-state index is 0.285. The Labute approximate surface area is 121 Å². The van der Waals surface area contributed by atoms with Crippen molar-refractivity contribution in [3.8, 4) is 0 Å². The van der Waals surface area contributed by atoms with Gasteiger partial charge in [0, 0.05) is 19.0 Å². The van der Waals surface area contributed by atoms with Crippen molar-refractivity contribution in [3.05, 3.63) is 34.9 Å². The molecular weight excluding hydrogens is 246 g/mol. The van der Waals surface area contributed by atoms with Gasteiger partial charge < -0.3 is 4.90 Å². The molecular formula is C18H23NO. The number of hydrogen-bond acceptors (Lipinski definition) is 1. The minimum absolute atomic E-state index is 0.285. The molecule has 2 nitrogen and oxygen atoms in total. The zero-order chi connectivity index (χ0) is 13.9. The normalized spacial score (nSPS) is 35.5. The summed E-state index contributed by atoms with van der Waals surface area (Å²) in [5.74, 6) is 1.06. The Hall–Kier alpha value is -1.31. The fourth-order valence-electron chi connectivity index (χ4n) is 5.07. The summed E-state index contributed by atoms with van der Waals surface area (Å²) in [6.07, 6.45) is 5.44. The number of piperidine rings is 1. The highest BCUT2D eigenvalue weighted by atomic mass is 16.2. The highest BCUT2D eigenvalue weighted by Crippen LogP contribution is 2.51. The summed E-state index contributed by atoms with van der Waals surface area (Å²) >= 11 is 0. The molecule has 20 heavy (non-hydrogen) atoms. The summed E-state index contributed by atoms with van der Waals surface area (Å²) in [5.41, 5.74) is 4.78. The van der Waals surface area contributed by atoms with Crippen LogP contribution in [0.15, 0.2) is 18.2 Å². The molecule has 2 heterocycles. The van der Waals surface area contributed by atoms with Crippen molar-refractivity contribution in [2.45, 2.75) is 57.4 Å². The number of carbonyl (C=O) groups excluding carboxylic acids is 1. The van der Waals surface area contributed by atoms with E-state index in [9.17, 15) is 4.79 Å². The van der Waals surface area contributed by atoms with Crippen molar-refractivity contribution in [1.29, 1.82) is 0 Å². The van der Waals surface area contributed by atoms with Gasteiger partial charge >= 0.3 is 0 Å². The van der Waals surface area contributed by atoms with Crippen LogP contribution >= 0.6 is 0 Å². The average molecular weight is 269 g/mol. The first-order valence-corrected chi connectivity index (χ1v) is 7.99. The lowest BCUT2D eigenvalue weighted by Crippen LogP contribution is -2.55. The largest absolute Gasteiger partial charge is 0.339 e. The summed E-state index contributed by atoms with van der Waals surface area (Å²) in [4.78, 5) is 14.2. The Balaban J connectivity index is 1.78. The molecule has 2 saturated heterocycles. The molecule has 0 radical (unpaired) electrons. The van der Waals surface area contributed by atoms with Crippen molar-refractivity contribution >= 4 is 5.91 Å². The van der Waals surface area contributed by atoms with E-state index in [1.807, 2.05) is 0 Å². The zero-order valence-electron chi connectivity index (χ0n) is 12.5. The number of benzene rings is 1. The van der Waals surface area contributed by atoms with Crippen LogP contribution in [0.4, 0.5) is 0 Å². The second-order valence-corrected chi connectivity index (χ2v) is 7.17. The van der Waals surface area contributed by atoms with Crippen LogP contribution in [0.1, 0.15) is 49.3 Å². The van der Waals surface area contributed by atoms with E-state index in [-0.39, 0.29) is 5.41 Å². The molecule has 1 aromatic rings. The van der Waals surface area contributed by atoms with Gasteiger partial charge in [-0.25, -0.2) is 0 Å². The Bertz CT molecular complexity index is 579. The maximum atomic E-state index is 12.0. The highest BCUT2D eigenvalue weighted by Gasteiger charge is 2.51. The van der Waals surface area contributed by atoms with Crippen molar-refractivity contribution < 1.29 is 4.79 Å². The molecule has 3 aliphatic rings. The van der Waals surface area contributed by atoms with Gasteiger partial charge in [-0.1, -0.05) is 30.7 Å². The van der Waals surface area contributed by atoms with Crippen LogP contribution in [0.3, 0.4) is 0 Å². The Kier molecular flexibility index (Phi) is 2.55. The summed E-state index contributed by atoms with van der Waals surface area (Å²) in [7, 11) is 0. The Morgan fingerprint density at radius 3 is 2.95 bits per heavy atom. The maximum Gasteiger partial charge on any atom is 0.222 e. The predicted molar refractivity (Wildman–Crippen MR) is 79.7 cm³/mol. The van der Waals surface area contributed by atoms with E-state index in [1.54, 1.807) is 11.1 Å². The van der Waals surface area contributed by atoms with Gasteiger partial charge in [-0.3, -0.25) is 4.79 Å². The van der Waals surface area contributed by atoms with Gasteiger partial charge in [0.25, 0.3) is 0 Å². The van der Waals surface area contributed by atoms with Crippen molar-refractivity contribution in [3.63, 3.8) is 0 Å². The third kappa shape index (κ3) is 1.54. The van der Waals surface area contributed by atoms with E-state index in [4.69, 9.17) is 0 Å². The first-order chi connectivity index (χ1) is 9.59. The maximum absolute atomic E-state index is 12.0. The lowest BCUT2D eigenvalue weighted by molar-refractivity contribution is -0.132. The van der Waals surface area contributed by atoms with E-state index in [0.29, 0.717) is 17.9 Å². The molecule has 2 heteroatoms. The number of amides is 1. The van der Waals surface area contributed by atoms with Crippen molar-refractivity contribution in [1.82, 2.24) is 4.90 Å². The topological polar surface area (TPSA) is 20.3 Å². The second kappa shape index (κ2) is 4.09. The molecule has 0 saturated carbocycles. The van der Waals surface area contributed by atoms with Crippen LogP contribution in [0.2, 0.25) is 0 Å². The summed E-state index contributed by atoms with van der Waals surface area (Å²) < 4.78 is 0. The highest BCUT2D eigenvalue weighted by molar-refractivity contribution is 5.79. The molecule has 106 valence electrons. The summed E-state index contributed by atoms with van der Waals surface area (Å²) in [6.45, 7) is 5.60. The lowest BCUT2D eigenvalue weighted by atomic mass is 9.58. The van der Waals surface area contributed by atoms with E-state index < -0.39 is 0 Å². The fraction of sp³-hybridized carbons (Fsp3) is 0.611. The molecule has 1 amide bonds. The van der Waals surface area contributed by atoms with Gasteiger partial charge in [-0.15, -0.1) is 0 Å². The monoisotopic (exact) mass is 269 g/mol. The van der Waals surface area contributed by atoms with Crippen molar-refractivity contribution in [2.75, 3.05) is 6.54 Å². The quantitative estimate of drug-likeness (QED) is 0.708. The van der Waals surface area contributed by atoms with Crippen LogP contribution in [0.25, 0.3) is 0 Å². The second-order valence-electron chi connectivity index (χ2n) is 7.17. The molecule has 1 aromatic carbocycles. The molecule has 3 atom stereocenters. The first kappa shape index (κ1) is 12.4. The molecule has 2 aliphatic heterocycles. The van der Waals surface area contributed by atoms with Gasteiger partial charge in [0.05, 0.1) is 0 Å². The van der Waals surface area contributed by atoms with Gasteiger partial charge in [0.2, 0.25) is 5.91 Å². The number of hydrogen-bond donors (Lipinski definition) is 0. The molecule has 0 N–H and O–H groups in total. The number of nitrogens with zero attached hydrogens (tertiary/aromatic N) is 1. The molecule has 1 aliphatic carbocycles. The first-order valence-electron chi connectivity index (χ1n) is 7.99. The third-order valence-electron chi connectivity index (χ3n) is 6.13. The zero-order valence-corrected chi connectivity index (χ0v) is 12.5. The molecule has 0 unspecified atom stereocenters. The standard InChI is InChI=1S/C18H23NO/c1-12-3-5-14-13(11-12)4-6-15-16-7-8-17(20)19(16)10-9-18(14,15)2/h3,5,11,15-16H,4,6-10H2,1-2H3/t15-,16-,18+/m0/s1.